The molecule has 0 aromatic rings. The number of aliphatic carboxylic acids is 1. The Morgan fingerprint density at radius 2 is 0.907 bits per heavy atom. The van der Waals surface area contributed by atoms with E-state index in [1.54, 1.807) is 6.08 Å². The summed E-state index contributed by atoms with van der Waals surface area (Å²) in [5.74, 6) is -7.69. The molecule has 5 fully saturated rings. The molecule has 5 rings (SSSR count). The first kappa shape index (κ1) is 95.2. The highest BCUT2D eigenvalue weighted by molar-refractivity contribution is 5.77. The predicted octanol–water partition coefficient (Wildman–Crippen LogP) is 0.154. The van der Waals surface area contributed by atoms with Crippen LogP contribution in [0, 0.1) is 0 Å². The molecule has 5 aliphatic heterocycles. The maximum absolute atomic E-state index is 13.9. The van der Waals surface area contributed by atoms with Gasteiger partial charge in [0.25, 0.3) is 5.79 Å². The summed E-state index contributed by atoms with van der Waals surface area (Å²) >= 11 is 0. The number of aliphatic hydroxyl groups excluding tert-OH is 16. The highest BCUT2D eigenvalue weighted by atomic mass is 16.8. The average Bonchev–Trinajstić information content (AvgIpc) is 0.748. The number of carbonyl (C=O) groups excluding carboxylic acids is 3. The largest absolute Gasteiger partial charge is 0.477 e. The Morgan fingerprint density at radius 1 is 0.472 bits per heavy atom. The molecule has 0 aromatic heterocycles. The van der Waals surface area contributed by atoms with E-state index in [9.17, 15) is 106 Å². The molecule has 0 aliphatic carbocycles. The van der Waals surface area contributed by atoms with Gasteiger partial charge in [0.15, 0.2) is 18.9 Å². The van der Waals surface area contributed by atoms with Crippen LogP contribution < -0.4 is 16.0 Å². The summed E-state index contributed by atoms with van der Waals surface area (Å²) < 4.78 is 54.5. The van der Waals surface area contributed by atoms with Crippen molar-refractivity contribution >= 4 is 23.7 Å². The second kappa shape index (κ2) is 50.8. The van der Waals surface area contributed by atoms with Crippen molar-refractivity contribution in [2.45, 2.75) is 404 Å². The SMILES string of the molecule is CCCCCCCCCCCCCCC/C=C/[C@@H](O)[C@H](C[C@@H]1O[C@H](CO)[C@@H](O[C@@H]2O[C@H](CO)[C@H](O[C@@H]3O[C@H](CO)[C@H](O)[C@H](O[C@@H]4O[C@H](CO)[C@H](O)[C@H](O)[C@H]4O)[C@H]3NC(C)=O)[C@H](O[C@]3(C(=O)O)C[C@H](O)[C@@H](NC(C)=O)[C@H]([C@H](O)[C@H](O)CO)O3)[C@H]2O)[C@H](O)[C@H]1O)NC(=O)CCCCCCCCCCCCCCCCC. The molecule has 5 saturated heterocycles. The number of nitrogens with one attached hydrogen (secondary N) is 3. The zero-order valence-corrected chi connectivity index (χ0v) is 63.8. The lowest BCUT2D eigenvalue weighted by molar-refractivity contribution is -0.400. The topological polar surface area (TPSA) is 531 Å². The third kappa shape index (κ3) is 29.5. The van der Waals surface area contributed by atoms with Crippen molar-refractivity contribution in [3.8, 4) is 0 Å². The molecular weight excluding hydrogens is 1420 g/mol. The predicted molar refractivity (Wildman–Crippen MR) is 386 cm³/mol. The van der Waals surface area contributed by atoms with Crippen molar-refractivity contribution in [2.24, 2.45) is 0 Å². The van der Waals surface area contributed by atoms with Gasteiger partial charge < -0.3 is 145 Å². The fraction of sp³-hybridized carbons (Fsp3) is 0.920. The van der Waals surface area contributed by atoms with Crippen molar-refractivity contribution in [3.05, 3.63) is 12.2 Å². The zero-order chi connectivity index (χ0) is 79.5. The third-order valence-corrected chi connectivity index (χ3v) is 21.3. The molecule has 0 spiro atoms. The number of carboxylic acid groups (broad SMARTS) is 1. The van der Waals surface area contributed by atoms with Crippen LogP contribution in [0.3, 0.4) is 0 Å². The maximum atomic E-state index is 13.9. The summed E-state index contributed by atoms with van der Waals surface area (Å²) in [7, 11) is 0. The van der Waals surface area contributed by atoms with Gasteiger partial charge in [-0.3, -0.25) is 14.4 Å². The number of carbonyl (C=O) groups is 4. The van der Waals surface area contributed by atoms with E-state index in [4.69, 9.17) is 42.6 Å². The van der Waals surface area contributed by atoms with Crippen molar-refractivity contribution < 1.29 is 149 Å². The van der Waals surface area contributed by atoms with Gasteiger partial charge >= 0.3 is 5.97 Å². The van der Waals surface area contributed by atoms with E-state index in [0.717, 1.165) is 71.6 Å². The number of hydrogen-bond acceptors (Lipinski definition) is 29. The molecule has 108 heavy (non-hydrogen) atoms. The molecule has 20 N–H and O–H groups in total. The standard InChI is InChI=1S/C75H135N3O30/c1-5-7-9-11-13-15-17-19-21-23-25-27-29-31-33-35-47(86)46(78-55(89)36-34-32-30-28-26-24-22-20-18-16-14-12-10-8-6-2)37-50-59(91)63(95)66(53(42-82)100-50)104-73-65(97)70(108-75(74(98)99)38-48(87)56(76-44(3)84)69(107-75)58(90)49(88)39-79)67(54(43-83)103-73)105-71-57(77-45(4)85)68(61(93)52(41-81)101-71)106-72-64(96)62(94)60(92)51(40-80)102-72/h33,35,46-54,56-73,79-83,86-88,90-97H,5-32,34,36-43H2,1-4H3,(H,76,84)(H,77,85)(H,78,89)(H,98,99)/b35-33+/t46-,47+,48-,49+,50-,51+,52+,53+,54+,56+,57+,58+,59-,60-,61-,62-,63+,64+,65+,66+,67-,68+,69+,70+,71-,72-,73-,75-/m0/s1. The van der Waals surface area contributed by atoms with Gasteiger partial charge in [0.1, 0.15) is 116 Å². The second-order valence-electron chi connectivity index (χ2n) is 30.1. The fourth-order valence-corrected chi connectivity index (χ4v) is 14.9. The van der Waals surface area contributed by atoms with Crippen LogP contribution in [0.25, 0.3) is 0 Å². The smallest absolute Gasteiger partial charge is 0.364 e. The molecule has 0 bridgehead atoms. The van der Waals surface area contributed by atoms with Crippen molar-refractivity contribution in [1.82, 2.24) is 16.0 Å². The van der Waals surface area contributed by atoms with Crippen LogP contribution in [0.2, 0.25) is 0 Å². The third-order valence-electron chi connectivity index (χ3n) is 21.3. The normalized spacial score (nSPS) is 34.4. The quantitative estimate of drug-likeness (QED) is 0.0285. The van der Waals surface area contributed by atoms with Gasteiger partial charge in [0.2, 0.25) is 17.7 Å². The van der Waals surface area contributed by atoms with E-state index in [0.29, 0.717) is 12.8 Å². The molecular formula is C75H135N3O30. The highest BCUT2D eigenvalue weighted by Gasteiger charge is 2.62. The fourth-order valence-electron chi connectivity index (χ4n) is 14.9. The number of rotatable bonds is 53. The summed E-state index contributed by atoms with van der Waals surface area (Å²) in [5, 5.41) is 198. The van der Waals surface area contributed by atoms with E-state index in [2.05, 4.69) is 29.8 Å². The minimum absolute atomic E-state index is 0.120. The first-order valence-electron chi connectivity index (χ1n) is 40.0. The van der Waals surface area contributed by atoms with Crippen LogP contribution in [0.5, 0.6) is 0 Å². The van der Waals surface area contributed by atoms with Gasteiger partial charge in [0.05, 0.1) is 63.4 Å². The first-order chi connectivity index (χ1) is 51.8. The lowest BCUT2D eigenvalue weighted by Gasteiger charge is -2.53. The Balaban J connectivity index is 1.41. The van der Waals surface area contributed by atoms with E-state index in [-0.39, 0.29) is 12.8 Å². The summed E-state index contributed by atoms with van der Waals surface area (Å²) in [6.07, 6.45) is -13.8. The molecule has 0 unspecified atom stereocenters. The Hall–Kier alpha value is -3.38. The number of allylic oxidation sites excluding steroid dienone is 1. The first-order valence-corrected chi connectivity index (χ1v) is 40.0. The number of ether oxygens (including phenoxy) is 9. The number of carboxylic acids is 1. The molecule has 630 valence electrons. The molecule has 0 radical (unpaired) electrons. The van der Waals surface area contributed by atoms with E-state index in [1.807, 2.05) is 6.08 Å². The van der Waals surface area contributed by atoms with Crippen LogP contribution in [0.4, 0.5) is 0 Å². The number of aliphatic hydroxyl groups is 16. The zero-order valence-electron chi connectivity index (χ0n) is 63.8. The molecule has 33 heteroatoms. The van der Waals surface area contributed by atoms with Gasteiger partial charge in [-0.05, 0) is 25.7 Å². The Kier molecular flexibility index (Phi) is 44.7. The van der Waals surface area contributed by atoms with Crippen molar-refractivity contribution in [3.63, 3.8) is 0 Å². The van der Waals surface area contributed by atoms with Crippen LogP contribution in [-0.4, -0.2) is 315 Å². The lowest BCUT2D eigenvalue weighted by Crippen LogP contribution is -2.72. The summed E-state index contributed by atoms with van der Waals surface area (Å²) in [6.45, 7) is 0.939. The van der Waals surface area contributed by atoms with Gasteiger partial charge in [0, 0.05) is 26.7 Å². The molecule has 5 aliphatic rings. The second-order valence-corrected chi connectivity index (χ2v) is 30.1. The van der Waals surface area contributed by atoms with Gasteiger partial charge in [-0.2, -0.15) is 0 Å². The highest BCUT2D eigenvalue weighted by Crippen LogP contribution is 2.41. The van der Waals surface area contributed by atoms with Crippen LogP contribution in [-0.2, 0) is 61.8 Å². The van der Waals surface area contributed by atoms with Gasteiger partial charge in [-0.15, -0.1) is 0 Å². The minimum Gasteiger partial charge on any atom is -0.477 e. The number of hydrogen-bond donors (Lipinski definition) is 20. The van der Waals surface area contributed by atoms with Crippen LogP contribution >= 0.6 is 0 Å². The summed E-state index contributed by atoms with van der Waals surface area (Å²) in [5.41, 5.74) is 0. The molecule has 5 heterocycles. The van der Waals surface area contributed by atoms with Crippen molar-refractivity contribution in [1.29, 1.82) is 0 Å². The van der Waals surface area contributed by atoms with E-state index in [1.165, 1.54) is 116 Å². The molecule has 33 nitrogen and oxygen atoms in total. The Bertz CT molecular complexity index is 2520. The molecule has 0 aromatic carbocycles. The molecule has 28 atom stereocenters. The minimum atomic E-state index is -3.37. The summed E-state index contributed by atoms with van der Waals surface area (Å²) in [4.78, 5) is 53.2. The lowest BCUT2D eigenvalue weighted by atomic mass is 9.88. The molecule has 0 saturated carbocycles. The molecule has 3 amide bonds. The Morgan fingerprint density at radius 3 is 1.41 bits per heavy atom. The maximum Gasteiger partial charge on any atom is 0.364 e. The van der Waals surface area contributed by atoms with Crippen LogP contribution in [0.15, 0.2) is 12.2 Å². The number of amides is 3. The van der Waals surface area contributed by atoms with Gasteiger partial charge in [-0.25, -0.2) is 4.79 Å². The van der Waals surface area contributed by atoms with E-state index >= 15 is 0 Å². The van der Waals surface area contributed by atoms with Crippen molar-refractivity contribution in [2.75, 3.05) is 33.0 Å². The van der Waals surface area contributed by atoms with Crippen LogP contribution in [0.1, 0.15) is 233 Å². The average molecular weight is 1560 g/mol. The Labute approximate surface area is 635 Å². The van der Waals surface area contributed by atoms with Gasteiger partial charge in [-0.1, -0.05) is 193 Å². The summed E-state index contributed by atoms with van der Waals surface area (Å²) in [6, 6.07) is -4.78. The number of unbranched alkanes of at least 4 members (excludes halogenated alkanes) is 27. The van der Waals surface area contributed by atoms with E-state index < -0.39 is 234 Å². The monoisotopic (exact) mass is 1560 g/mol.